The van der Waals surface area contributed by atoms with Gasteiger partial charge in [-0.15, -0.1) is 0 Å². The summed E-state index contributed by atoms with van der Waals surface area (Å²) in [5.74, 6) is -1.94. The quantitative estimate of drug-likeness (QED) is 0.133. The Morgan fingerprint density at radius 2 is 1.73 bits per heavy atom. The van der Waals surface area contributed by atoms with Gasteiger partial charge in [0.1, 0.15) is 11.7 Å². The summed E-state index contributed by atoms with van der Waals surface area (Å²) in [4.78, 5) is 43.2. The molecule has 228 valence electrons. The average molecular weight is 670 g/mol. The predicted octanol–water partition coefficient (Wildman–Crippen LogP) is 6.39. The molecule has 7 rings (SSSR count). The second kappa shape index (κ2) is 10.8. The molecule has 9 nitrogen and oxygen atoms in total. The van der Waals surface area contributed by atoms with Crippen LogP contribution < -0.4 is 9.64 Å². The minimum absolute atomic E-state index is 0.239. The average Bonchev–Trinajstić information content (AvgIpc) is 3.49. The number of esters is 1. The van der Waals surface area contributed by atoms with E-state index in [4.69, 9.17) is 14.2 Å². The Labute approximate surface area is 268 Å². The Bertz CT molecular complexity index is 1830. The molecule has 1 fully saturated rings. The van der Waals surface area contributed by atoms with Crippen LogP contribution in [0, 0.1) is 17.0 Å². The van der Waals surface area contributed by atoms with Gasteiger partial charge in [-0.1, -0.05) is 94.3 Å². The second-order valence-corrected chi connectivity index (χ2v) is 12.6. The number of ether oxygens (including phenoxy) is 3. The molecule has 0 aliphatic carbocycles. The summed E-state index contributed by atoms with van der Waals surface area (Å²) in [7, 11) is 1.23. The number of hydrogen-bond donors (Lipinski definition) is 0. The molecular weight excluding hydrogens is 640 g/mol. The van der Waals surface area contributed by atoms with Crippen molar-refractivity contribution in [2.75, 3.05) is 12.0 Å². The van der Waals surface area contributed by atoms with Crippen molar-refractivity contribution in [2.45, 2.75) is 49.2 Å². The van der Waals surface area contributed by atoms with E-state index < -0.39 is 52.5 Å². The van der Waals surface area contributed by atoms with E-state index in [2.05, 4.69) is 15.9 Å². The molecule has 3 aliphatic heterocycles. The van der Waals surface area contributed by atoms with Crippen molar-refractivity contribution in [3.05, 3.63) is 139 Å². The standard InChI is InChI=1S/C35H29BrN2O7/c1-21-13-15-27-26(17-21)35(33(40)37(27)20-22-9-5-3-6-10-22)31(23-11-7-4-8-12-23)34(38(41)42)29(19-30(39)43-2)44-28-16-14-24(36)18-25(28)32(34)45-35/h3-18,29,31-32H,19-20H2,1-2H3/t29-,31+,32+,34-,35-/m1/s1. The maximum absolute atomic E-state index is 15.2. The Kier molecular flexibility index (Phi) is 7.02. The highest BCUT2D eigenvalue weighted by Gasteiger charge is 2.82. The van der Waals surface area contributed by atoms with E-state index in [1.165, 1.54) is 7.11 Å². The fraction of sp³-hybridized carbons (Fsp3) is 0.257. The van der Waals surface area contributed by atoms with Crippen LogP contribution in [0.25, 0.3) is 0 Å². The number of amides is 1. The molecule has 0 N–H and O–H groups in total. The van der Waals surface area contributed by atoms with Gasteiger partial charge in [0.2, 0.25) is 0 Å². The third kappa shape index (κ3) is 4.23. The topological polar surface area (TPSA) is 108 Å². The molecule has 0 aromatic heterocycles. The maximum Gasteiger partial charge on any atom is 0.309 e. The first kappa shape index (κ1) is 29.2. The van der Waals surface area contributed by atoms with Crippen molar-refractivity contribution in [1.29, 1.82) is 0 Å². The van der Waals surface area contributed by atoms with E-state index in [-0.39, 0.29) is 6.54 Å². The number of fused-ring (bicyclic) bond motifs is 5. The summed E-state index contributed by atoms with van der Waals surface area (Å²) < 4.78 is 19.1. The first-order valence-corrected chi connectivity index (χ1v) is 15.4. The largest absolute Gasteiger partial charge is 0.482 e. The molecular formula is C35H29BrN2O7. The van der Waals surface area contributed by atoms with Crippen molar-refractivity contribution < 1.29 is 28.7 Å². The Hall–Kier alpha value is -4.54. The Morgan fingerprint density at radius 1 is 1.02 bits per heavy atom. The number of anilines is 1. The normalized spacial score (nSPS) is 26.2. The predicted molar refractivity (Wildman–Crippen MR) is 168 cm³/mol. The van der Waals surface area contributed by atoms with E-state index in [1.807, 2.05) is 61.5 Å². The molecule has 3 heterocycles. The van der Waals surface area contributed by atoms with Crippen LogP contribution in [0.15, 0.2) is 102 Å². The minimum Gasteiger partial charge on any atom is -0.482 e. The van der Waals surface area contributed by atoms with Gasteiger partial charge < -0.3 is 19.1 Å². The monoisotopic (exact) mass is 668 g/mol. The van der Waals surface area contributed by atoms with Gasteiger partial charge in [0.05, 0.1) is 25.8 Å². The molecule has 1 amide bonds. The lowest BCUT2D eigenvalue weighted by atomic mass is 9.63. The Morgan fingerprint density at radius 3 is 2.42 bits per heavy atom. The molecule has 10 heteroatoms. The molecule has 0 bridgehead atoms. The summed E-state index contributed by atoms with van der Waals surface area (Å²) >= 11 is 3.51. The fourth-order valence-corrected chi connectivity index (χ4v) is 7.78. The van der Waals surface area contributed by atoms with Gasteiger partial charge in [-0.25, -0.2) is 0 Å². The summed E-state index contributed by atoms with van der Waals surface area (Å²) in [6, 6.07) is 29.4. The number of benzene rings is 4. The van der Waals surface area contributed by atoms with Crippen LogP contribution in [0.3, 0.4) is 0 Å². The molecule has 4 aromatic rings. The van der Waals surface area contributed by atoms with Crippen molar-refractivity contribution in [2.24, 2.45) is 0 Å². The number of aryl methyl sites for hydroxylation is 1. The minimum atomic E-state index is -2.11. The maximum atomic E-state index is 15.2. The highest BCUT2D eigenvalue weighted by molar-refractivity contribution is 9.10. The first-order chi connectivity index (χ1) is 21.7. The highest BCUT2D eigenvalue weighted by atomic mass is 79.9. The van der Waals surface area contributed by atoms with Crippen LogP contribution in [0.1, 0.15) is 46.3 Å². The van der Waals surface area contributed by atoms with E-state index in [0.29, 0.717) is 32.6 Å². The Balaban J connectivity index is 1.55. The molecule has 5 atom stereocenters. The zero-order valence-corrected chi connectivity index (χ0v) is 26.1. The summed E-state index contributed by atoms with van der Waals surface area (Å²) in [5.41, 5.74) is -0.0625. The second-order valence-electron chi connectivity index (χ2n) is 11.7. The van der Waals surface area contributed by atoms with Crippen LogP contribution in [0.2, 0.25) is 0 Å². The van der Waals surface area contributed by atoms with E-state index >= 15 is 4.79 Å². The molecule has 3 aliphatic rings. The lowest BCUT2D eigenvalue weighted by Gasteiger charge is -2.41. The van der Waals surface area contributed by atoms with Crippen molar-refractivity contribution >= 4 is 33.5 Å². The molecule has 4 aromatic carbocycles. The van der Waals surface area contributed by atoms with Gasteiger partial charge >= 0.3 is 5.97 Å². The van der Waals surface area contributed by atoms with E-state index in [0.717, 1.165) is 11.1 Å². The number of hydrogen-bond acceptors (Lipinski definition) is 7. The van der Waals surface area contributed by atoms with Gasteiger partial charge in [0.15, 0.2) is 17.8 Å². The van der Waals surface area contributed by atoms with Gasteiger partial charge in [-0.3, -0.25) is 19.7 Å². The van der Waals surface area contributed by atoms with Crippen LogP contribution in [-0.4, -0.2) is 35.6 Å². The van der Waals surface area contributed by atoms with Crippen LogP contribution in [-0.2, 0) is 31.2 Å². The highest BCUT2D eigenvalue weighted by Crippen LogP contribution is 2.68. The molecule has 1 saturated heterocycles. The molecule has 0 saturated carbocycles. The number of nitro groups is 1. The summed E-state index contributed by atoms with van der Waals surface area (Å²) in [6.45, 7) is 2.15. The third-order valence-corrected chi connectivity index (χ3v) is 9.74. The number of carbonyl (C=O) groups is 2. The fourth-order valence-electron chi connectivity index (χ4n) is 7.40. The van der Waals surface area contributed by atoms with Crippen LogP contribution >= 0.6 is 15.9 Å². The van der Waals surface area contributed by atoms with Crippen molar-refractivity contribution in [1.82, 2.24) is 0 Å². The lowest BCUT2D eigenvalue weighted by molar-refractivity contribution is -0.593. The van der Waals surface area contributed by atoms with E-state index in [1.54, 1.807) is 47.4 Å². The van der Waals surface area contributed by atoms with Crippen molar-refractivity contribution in [3.8, 4) is 5.75 Å². The smallest absolute Gasteiger partial charge is 0.309 e. The van der Waals surface area contributed by atoms with Gasteiger partial charge in [-0.2, -0.15) is 0 Å². The van der Waals surface area contributed by atoms with E-state index in [9.17, 15) is 14.9 Å². The third-order valence-electron chi connectivity index (χ3n) is 9.25. The molecule has 0 radical (unpaired) electrons. The number of rotatable bonds is 6. The zero-order valence-electron chi connectivity index (χ0n) is 24.5. The molecule has 1 spiro atoms. The number of carbonyl (C=O) groups excluding carboxylic acids is 2. The zero-order chi connectivity index (χ0) is 31.5. The van der Waals surface area contributed by atoms with Gasteiger partial charge in [0.25, 0.3) is 11.4 Å². The van der Waals surface area contributed by atoms with Crippen molar-refractivity contribution in [3.63, 3.8) is 0 Å². The molecule has 45 heavy (non-hydrogen) atoms. The van der Waals surface area contributed by atoms with Gasteiger partial charge in [0, 0.05) is 20.5 Å². The van der Waals surface area contributed by atoms with Crippen LogP contribution in [0.5, 0.6) is 5.75 Å². The SMILES string of the molecule is COC(=O)C[C@H]1Oc2ccc(Br)cc2[C@@H]2O[C@@]3(C(=O)N(Cc4ccccc4)c4ccc(C)cc43)[C@@H](c3ccccc3)[C@]12[N+](=O)[O-]. The summed E-state index contributed by atoms with van der Waals surface area (Å²) in [6.07, 6.45) is -3.01. The lowest BCUT2D eigenvalue weighted by Crippen LogP contribution is -2.61. The summed E-state index contributed by atoms with van der Waals surface area (Å²) in [5, 5.41) is 13.9. The first-order valence-electron chi connectivity index (χ1n) is 14.6. The van der Waals surface area contributed by atoms with Crippen LogP contribution in [0.4, 0.5) is 5.69 Å². The molecule has 0 unspecified atom stereocenters. The number of methoxy groups -OCH3 is 1. The number of halogens is 1. The number of nitrogens with zero attached hydrogens (tertiary/aromatic N) is 2. The van der Waals surface area contributed by atoms with Gasteiger partial charge in [-0.05, 0) is 42.3 Å².